The van der Waals surface area contributed by atoms with Gasteiger partial charge in [0.1, 0.15) is 0 Å². The maximum absolute atomic E-state index is 6.27. The summed E-state index contributed by atoms with van der Waals surface area (Å²) in [6.07, 6.45) is 0. The number of rotatable bonds is 12. The lowest BCUT2D eigenvalue weighted by Crippen LogP contribution is -2.48. The molecule has 0 unspecified atom stereocenters. The van der Waals surface area contributed by atoms with Crippen LogP contribution in [0.4, 0.5) is 0 Å². The highest BCUT2D eigenvalue weighted by Gasteiger charge is 2.33. The maximum Gasteiger partial charge on any atom is 0.532 e. The van der Waals surface area contributed by atoms with Crippen LogP contribution in [0.1, 0.15) is 22.3 Å². The molecule has 4 aromatic carbocycles. The van der Waals surface area contributed by atoms with Crippen molar-refractivity contribution >= 4 is 53.4 Å². The maximum atomic E-state index is 6.27. The quantitative estimate of drug-likeness (QED) is 0.158. The fourth-order valence-corrected chi connectivity index (χ4v) is 3.91. The average molecular weight is 577 g/mol. The summed E-state index contributed by atoms with van der Waals surface area (Å²) in [6.45, 7) is -1.96. The van der Waals surface area contributed by atoms with Crippen LogP contribution in [0.25, 0.3) is 0 Å². The second kappa shape index (κ2) is 13.7. The van der Waals surface area contributed by atoms with Crippen molar-refractivity contribution in [2.24, 2.45) is 0 Å². The Morgan fingerprint density at radius 3 is 0.730 bits per heavy atom. The summed E-state index contributed by atoms with van der Waals surface area (Å²) in [5, 5.41) is 2.55. The molecule has 37 heavy (non-hydrogen) atoms. The van der Waals surface area contributed by atoms with E-state index in [1.54, 1.807) is 48.5 Å². The molecule has 4 nitrogen and oxygen atoms in total. The largest absolute Gasteiger partial charge is 0.532 e. The van der Waals surface area contributed by atoms with Gasteiger partial charge in [-0.2, -0.15) is 0 Å². The van der Waals surface area contributed by atoms with Crippen LogP contribution >= 0.6 is 46.4 Å². The molecule has 0 fully saturated rings. The Bertz CT molecular complexity index is 1050. The molecule has 0 bridgehead atoms. The van der Waals surface area contributed by atoms with E-state index >= 15 is 0 Å². The molecule has 0 saturated heterocycles. The Labute approximate surface area is 237 Å². The van der Waals surface area contributed by atoms with Gasteiger partial charge >= 0.3 is 6.96 Å². The minimum absolute atomic E-state index is 0.180. The third-order valence-electron chi connectivity index (χ3n) is 5.47. The van der Waals surface area contributed by atoms with E-state index in [2.05, 4.69) is 0 Å². The standard InChI is InChI=1S/C28H24BCl4O4/c30-25-9-1-21(2-10-25)17-34-29(35-18-22-3-11-26(31)12-4-22,36-19-23-5-13-27(32)14-6-23)37-20-24-7-15-28(33)16-8-24/h1-16H,17-20H2/q-1. The van der Waals surface area contributed by atoms with Crippen molar-refractivity contribution in [3.8, 4) is 0 Å². The van der Waals surface area contributed by atoms with Crippen LogP contribution in [0.15, 0.2) is 97.1 Å². The summed E-state index contributed by atoms with van der Waals surface area (Å²) < 4.78 is 25.1. The summed E-state index contributed by atoms with van der Waals surface area (Å²) in [5.41, 5.74) is 3.54. The molecule has 0 aliphatic heterocycles. The predicted molar refractivity (Wildman–Crippen MR) is 151 cm³/mol. The highest BCUT2D eigenvalue weighted by Crippen LogP contribution is 2.23. The van der Waals surface area contributed by atoms with E-state index in [0.29, 0.717) is 20.1 Å². The first-order valence-corrected chi connectivity index (χ1v) is 13.1. The van der Waals surface area contributed by atoms with E-state index in [1.165, 1.54) is 0 Å². The Hall–Kier alpha value is -2.06. The fraction of sp³-hybridized carbons (Fsp3) is 0.143. The summed E-state index contributed by atoms with van der Waals surface area (Å²) in [7, 11) is 0. The minimum atomic E-state index is -2.68. The first-order valence-electron chi connectivity index (χ1n) is 11.6. The SMILES string of the molecule is Clc1ccc(CO[B-](OCc2ccc(Cl)cc2)(OCc2ccc(Cl)cc2)OCc2ccc(Cl)cc2)cc1. The van der Waals surface area contributed by atoms with E-state index in [4.69, 9.17) is 65.0 Å². The molecule has 4 rings (SSSR count). The molecule has 0 aromatic heterocycles. The Balaban J connectivity index is 1.58. The van der Waals surface area contributed by atoms with Crippen molar-refractivity contribution in [1.82, 2.24) is 0 Å². The second-order valence-corrected chi connectivity index (χ2v) is 10.1. The van der Waals surface area contributed by atoms with E-state index in [-0.39, 0.29) is 26.4 Å². The Morgan fingerprint density at radius 1 is 0.351 bits per heavy atom. The lowest BCUT2D eigenvalue weighted by molar-refractivity contribution is -0.0521. The predicted octanol–water partition coefficient (Wildman–Crippen LogP) is 8.90. The summed E-state index contributed by atoms with van der Waals surface area (Å²) in [5.74, 6) is 0. The van der Waals surface area contributed by atoms with Gasteiger partial charge in [0.15, 0.2) is 0 Å². The van der Waals surface area contributed by atoms with Gasteiger partial charge in [-0.3, -0.25) is 0 Å². The molecule has 0 amide bonds. The molecule has 0 heterocycles. The number of hydrogen-bond acceptors (Lipinski definition) is 4. The van der Waals surface area contributed by atoms with Crippen LogP contribution < -0.4 is 0 Å². The second-order valence-electron chi connectivity index (χ2n) is 8.33. The summed E-state index contributed by atoms with van der Waals surface area (Å²) in [6, 6.07) is 29.4. The van der Waals surface area contributed by atoms with E-state index in [9.17, 15) is 0 Å². The molecule has 0 atom stereocenters. The van der Waals surface area contributed by atoms with E-state index in [1.807, 2.05) is 48.5 Å². The van der Waals surface area contributed by atoms with Crippen molar-refractivity contribution < 1.29 is 18.6 Å². The lowest BCUT2D eigenvalue weighted by Gasteiger charge is -2.41. The van der Waals surface area contributed by atoms with Gasteiger partial charge in [0.2, 0.25) is 0 Å². The van der Waals surface area contributed by atoms with Gasteiger partial charge in [-0.25, -0.2) is 0 Å². The number of benzene rings is 4. The van der Waals surface area contributed by atoms with Gasteiger partial charge in [-0.05, 0) is 70.8 Å². The molecular weight excluding hydrogens is 553 g/mol. The number of halogens is 4. The normalized spacial score (nSPS) is 11.6. The molecule has 0 radical (unpaired) electrons. The first-order chi connectivity index (χ1) is 17.9. The van der Waals surface area contributed by atoms with E-state index in [0.717, 1.165) is 22.3 Å². The van der Waals surface area contributed by atoms with Crippen molar-refractivity contribution in [2.75, 3.05) is 0 Å². The molecule has 0 aliphatic rings. The van der Waals surface area contributed by atoms with Crippen LogP contribution in [-0.4, -0.2) is 6.96 Å². The number of hydrogen-bond donors (Lipinski definition) is 0. The average Bonchev–Trinajstić information content (AvgIpc) is 2.91. The van der Waals surface area contributed by atoms with Crippen molar-refractivity contribution in [3.63, 3.8) is 0 Å². The monoisotopic (exact) mass is 575 g/mol. The molecule has 9 heteroatoms. The van der Waals surface area contributed by atoms with Gasteiger partial charge < -0.3 is 18.6 Å². The highest BCUT2D eigenvalue weighted by atomic mass is 35.5. The minimum Gasteiger partial charge on any atom is -0.515 e. The van der Waals surface area contributed by atoms with Crippen LogP contribution in [0.3, 0.4) is 0 Å². The third kappa shape index (κ3) is 9.03. The zero-order valence-corrected chi connectivity index (χ0v) is 22.8. The highest BCUT2D eigenvalue weighted by molar-refractivity contribution is 6.53. The lowest BCUT2D eigenvalue weighted by atomic mass is 10.0. The van der Waals surface area contributed by atoms with Gasteiger partial charge in [-0.1, -0.05) is 94.9 Å². The van der Waals surface area contributed by atoms with Gasteiger partial charge in [0, 0.05) is 46.5 Å². The van der Waals surface area contributed by atoms with Crippen molar-refractivity contribution in [3.05, 3.63) is 139 Å². The molecule has 192 valence electrons. The molecular formula is C28H24BCl4O4-. The molecule has 0 saturated carbocycles. The van der Waals surface area contributed by atoms with E-state index < -0.39 is 6.96 Å². The Kier molecular flexibility index (Phi) is 10.3. The summed E-state index contributed by atoms with van der Waals surface area (Å²) >= 11 is 24.2. The zero-order chi connectivity index (χ0) is 26.1. The van der Waals surface area contributed by atoms with Crippen LogP contribution in [0.2, 0.25) is 20.1 Å². The first kappa shape index (κ1) is 28.0. The smallest absolute Gasteiger partial charge is 0.515 e. The van der Waals surface area contributed by atoms with Crippen LogP contribution in [0, 0.1) is 0 Å². The van der Waals surface area contributed by atoms with Crippen LogP contribution in [-0.2, 0) is 45.0 Å². The molecule has 0 aliphatic carbocycles. The third-order valence-corrected chi connectivity index (χ3v) is 6.48. The zero-order valence-electron chi connectivity index (χ0n) is 19.8. The molecule has 0 spiro atoms. The molecule has 4 aromatic rings. The Morgan fingerprint density at radius 2 is 0.541 bits per heavy atom. The molecule has 0 N–H and O–H groups in total. The topological polar surface area (TPSA) is 36.9 Å². The summed E-state index contributed by atoms with van der Waals surface area (Å²) in [4.78, 5) is 0. The fourth-order valence-electron chi connectivity index (χ4n) is 3.40. The van der Waals surface area contributed by atoms with Gasteiger partial charge in [0.05, 0.1) is 0 Å². The van der Waals surface area contributed by atoms with Crippen molar-refractivity contribution in [2.45, 2.75) is 26.4 Å². The van der Waals surface area contributed by atoms with Crippen LogP contribution in [0.5, 0.6) is 0 Å². The van der Waals surface area contributed by atoms with Gasteiger partial charge in [0.25, 0.3) is 0 Å². The van der Waals surface area contributed by atoms with Crippen molar-refractivity contribution in [1.29, 1.82) is 0 Å². The van der Waals surface area contributed by atoms with Gasteiger partial charge in [-0.15, -0.1) is 0 Å².